The second-order valence-corrected chi connectivity index (χ2v) is 1.20. The lowest BCUT2D eigenvalue weighted by molar-refractivity contribution is -0.235. The summed E-state index contributed by atoms with van der Waals surface area (Å²) in [4.78, 5) is 13.2. The number of carbonyl (C=O) groups excluding carboxylic acids is 1. The summed E-state index contributed by atoms with van der Waals surface area (Å²) in [6.07, 6.45) is 0. The molecule has 0 aliphatic rings. The van der Waals surface area contributed by atoms with E-state index in [4.69, 9.17) is 11.0 Å². The number of rotatable bonds is 1. The minimum Gasteiger partial charge on any atom is -0.319 e. The highest BCUT2D eigenvalue weighted by molar-refractivity contribution is 5.74. The average Bonchev–Trinajstić information content (AvgIpc) is 1.65. The fourth-order valence-electron chi connectivity index (χ4n) is 0.0831. The van der Waals surface area contributed by atoms with Crippen molar-refractivity contribution in [3.63, 3.8) is 0 Å². The Kier molecular flexibility index (Phi) is 2.32. The van der Waals surface area contributed by atoms with Gasteiger partial charge in [0.2, 0.25) is 0 Å². The minimum absolute atomic E-state index is 0.745. The lowest BCUT2D eigenvalue weighted by Crippen LogP contribution is -2.27. The van der Waals surface area contributed by atoms with Crippen molar-refractivity contribution in [2.45, 2.75) is 13.0 Å². The van der Waals surface area contributed by atoms with Crippen LogP contribution in [0.2, 0.25) is 0 Å². The fourth-order valence-corrected chi connectivity index (χ4v) is 0.0831. The second-order valence-electron chi connectivity index (χ2n) is 1.20. The van der Waals surface area contributed by atoms with Crippen molar-refractivity contribution in [2.75, 3.05) is 0 Å². The molecule has 0 saturated heterocycles. The van der Waals surface area contributed by atoms with Gasteiger partial charge in [0.05, 0.1) is 0 Å². The van der Waals surface area contributed by atoms with E-state index < -0.39 is 12.0 Å². The lowest BCUT2D eigenvalue weighted by atomic mass is 10.4. The van der Waals surface area contributed by atoms with Crippen molar-refractivity contribution >= 4 is 5.97 Å². The quantitative estimate of drug-likeness (QED) is 0.343. The molecule has 42 valence electrons. The molecule has 3 N–H and O–H groups in total. The summed E-state index contributed by atoms with van der Waals surface area (Å²) in [6, 6.07) is -0.745. The summed E-state index contributed by atoms with van der Waals surface area (Å²) in [5, 5.41) is 7.58. The third kappa shape index (κ3) is 2.13. The molecule has 0 aliphatic carbocycles. The average molecular weight is 105 g/mol. The number of hydrogen-bond acceptors (Lipinski definition) is 4. The Balaban J connectivity index is 3.35. The van der Waals surface area contributed by atoms with Crippen LogP contribution in [0.3, 0.4) is 0 Å². The van der Waals surface area contributed by atoms with Crippen LogP contribution in [0, 0.1) is 0 Å². The van der Waals surface area contributed by atoms with Crippen LogP contribution in [0.15, 0.2) is 0 Å². The highest BCUT2D eigenvalue weighted by atomic mass is 17.1. The zero-order valence-electron chi connectivity index (χ0n) is 3.92. The molecular formula is C3H7NO3. The van der Waals surface area contributed by atoms with E-state index in [2.05, 4.69) is 4.89 Å². The molecule has 0 aromatic carbocycles. The molecule has 0 bridgehead atoms. The summed E-state index contributed by atoms with van der Waals surface area (Å²) >= 11 is 0. The van der Waals surface area contributed by atoms with Crippen LogP contribution in [0.25, 0.3) is 0 Å². The zero-order valence-corrected chi connectivity index (χ0v) is 3.92. The van der Waals surface area contributed by atoms with Crippen LogP contribution < -0.4 is 5.73 Å². The van der Waals surface area contributed by atoms with Crippen molar-refractivity contribution in [1.29, 1.82) is 0 Å². The number of hydrogen-bond donors (Lipinski definition) is 2. The SMILES string of the molecule is C[C@H](N)C(=O)OO. The van der Waals surface area contributed by atoms with E-state index in [1.807, 2.05) is 0 Å². The van der Waals surface area contributed by atoms with Crippen molar-refractivity contribution < 1.29 is 14.9 Å². The maximum absolute atomic E-state index is 9.91. The smallest absolute Gasteiger partial charge is 0.319 e. The molecule has 0 rings (SSSR count). The summed E-state index contributed by atoms with van der Waals surface area (Å²) < 4.78 is 0. The Morgan fingerprint density at radius 3 is 2.43 bits per heavy atom. The highest BCUT2D eigenvalue weighted by Gasteiger charge is 2.06. The van der Waals surface area contributed by atoms with Crippen LogP contribution in [-0.4, -0.2) is 17.3 Å². The molecule has 0 amide bonds. The van der Waals surface area contributed by atoms with Gasteiger partial charge in [0.15, 0.2) is 0 Å². The van der Waals surface area contributed by atoms with Crippen LogP contribution in [0.5, 0.6) is 0 Å². The van der Waals surface area contributed by atoms with Crippen molar-refractivity contribution in [3.05, 3.63) is 0 Å². The standard InChI is InChI=1S/C3H7NO3/c1-2(4)3(5)7-6/h2,6H,4H2,1H3/t2-/m0/s1. The van der Waals surface area contributed by atoms with Gasteiger partial charge in [0.25, 0.3) is 0 Å². The van der Waals surface area contributed by atoms with Crippen LogP contribution in [-0.2, 0) is 9.68 Å². The fraction of sp³-hybridized carbons (Fsp3) is 0.667. The van der Waals surface area contributed by atoms with Gasteiger partial charge in [0.1, 0.15) is 6.04 Å². The molecule has 4 heteroatoms. The van der Waals surface area contributed by atoms with Gasteiger partial charge in [-0.2, -0.15) is 5.26 Å². The molecule has 1 atom stereocenters. The van der Waals surface area contributed by atoms with Gasteiger partial charge < -0.3 is 5.73 Å². The van der Waals surface area contributed by atoms with Gasteiger partial charge in [-0.15, -0.1) is 0 Å². The van der Waals surface area contributed by atoms with Crippen LogP contribution in [0.4, 0.5) is 0 Å². The van der Waals surface area contributed by atoms with Crippen molar-refractivity contribution in [2.24, 2.45) is 5.73 Å². The van der Waals surface area contributed by atoms with Gasteiger partial charge in [-0.3, -0.25) is 4.89 Å². The summed E-state index contributed by atoms with van der Waals surface area (Å²) in [5.74, 6) is -0.819. The van der Waals surface area contributed by atoms with E-state index in [0.29, 0.717) is 0 Å². The molecule has 0 aromatic heterocycles. The molecule has 4 nitrogen and oxygen atoms in total. The first-order valence-electron chi connectivity index (χ1n) is 1.79. The predicted molar refractivity (Wildman–Crippen MR) is 22.4 cm³/mol. The maximum atomic E-state index is 9.91. The zero-order chi connectivity index (χ0) is 5.86. The van der Waals surface area contributed by atoms with E-state index >= 15 is 0 Å². The van der Waals surface area contributed by atoms with E-state index in [-0.39, 0.29) is 0 Å². The third-order valence-corrected chi connectivity index (χ3v) is 0.462. The molecule has 0 unspecified atom stereocenters. The first kappa shape index (κ1) is 6.39. The normalized spacial score (nSPS) is 13.0. The minimum atomic E-state index is -0.819. The Morgan fingerprint density at radius 1 is 2.00 bits per heavy atom. The molecule has 0 radical (unpaired) electrons. The monoisotopic (exact) mass is 105 g/mol. The molecule has 0 heterocycles. The molecule has 0 aliphatic heterocycles. The molecular weight excluding hydrogens is 98.0 g/mol. The van der Waals surface area contributed by atoms with Crippen LogP contribution >= 0.6 is 0 Å². The first-order valence-corrected chi connectivity index (χ1v) is 1.79. The van der Waals surface area contributed by atoms with E-state index in [9.17, 15) is 4.79 Å². The Bertz CT molecular complexity index is 70.6. The molecule has 0 saturated carbocycles. The molecule has 0 aromatic rings. The van der Waals surface area contributed by atoms with Gasteiger partial charge >= 0.3 is 5.97 Å². The largest absolute Gasteiger partial charge is 0.358 e. The number of carbonyl (C=O) groups is 1. The third-order valence-electron chi connectivity index (χ3n) is 0.462. The molecule has 0 spiro atoms. The maximum Gasteiger partial charge on any atom is 0.358 e. The predicted octanol–water partition coefficient (Wildman–Crippen LogP) is -0.650. The highest BCUT2D eigenvalue weighted by Crippen LogP contribution is 1.76. The van der Waals surface area contributed by atoms with Crippen LogP contribution in [0.1, 0.15) is 6.92 Å². The van der Waals surface area contributed by atoms with Gasteiger partial charge in [-0.1, -0.05) is 0 Å². The topological polar surface area (TPSA) is 72.6 Å². The van der Waals surface area contributed by atoms with E-state index in [0.717, 1.165) is 0 Å². The first-order chi connectivity index (χ1) is 3.18. The van der Waals surface area contributed by atoms with Gasteiger partial charge in [-0.25, -0.2) is 4.79 Å². The van der Waals surface area contributed by atoms with Crippen molar-refractivity contribution in [3.8, 4) is 0 Å². The second kappa shape index (κ2) is 2.54. The molecule has 7 heavy (non-hydrogen) atoms. The summed E-state index contributed by atoms with van der Waals surface area (Å²) in [7, 11) is 0. The van der Waals surface area contributed by atoms with Gasteiger partial charge in [-0.05, 0) is 6.92 Å². The summed E-state index contributed by atoms with van der Waals surface area (Å²) in [6.45, 7) is 1.42. The summed E-state index contributed by atoms with van der Waals surface area (Å²) in [5.41, 5.74) is 4.91. The Hall–Kier alpha value is -0.610. The van der Waals surface area contributed by atoms with E-state index in [1.165, 1.54) is 6.92 Å². The van der Waals surface area contributed by atoms with Gasteiger partial charge in [0, 0.05) is 0 Å². The van der Waals surface area contributed by atoms with Crippen molar-refractivity contribution in [1.82, 2.24) is 0 Å². The Morgan fingerprint density at radius 2 is 2.43 bits per heavy atom. The number of nitrogens with two attached hydrogens (primary N) is 1. The van der Waals surface area contributed by atoms with E-state index in [1.54, 1.807) is 0 Å². The molecule has 0 fully saturated rings. The lowest BCUT2D eigenvalue weighted by Gasteiger charge is -1.95. The Labute approximate surface area is 40.8 Å².